The van der Waals surface area contributed by atoms with E-state index in [4.69, 9.17) is 9.47 Å². The third kappa shape index (κ3) is 4.11. The quantitative estimate of drug-likeness (QED) is 0.680. The van der Waals surface area contributed by atoms with Crippen LogP contribution in [0.2, 0.25) is 0 Å². The summed E-state index contributed by atoms with van der Waals surface area (Å²) in [5.41, 5.74) is 1.13. The first-order valence-corrected chi connectivity index (χ1v) is 10.3. The summed E-state index contributed by atoms with van der Waals surface area (Å²) in [6.07, 6.45) is 0. The molecule has 162 valence electrons. The minimum absolute atomic E-state index is 0.0366. The number of aromatic nitrogens is 2. The summed E-state index contributed by atoms with van der Waals surface area (Å²) in [5.74, 6) is 1.73. The monoisotopic (exact) mass is 422 g/mol. The summed E-state index contributed by atoms with van der Waals surface area (Å²) in [4.78, 5) is 37.0. The van der Waals surface area contributed by atoms with Gasteiger partial charge in [0.05, 0.1) is 31.2 Å². The molecule has 4 rings (SSSR count). The number of amides is 1. The maximum absolute atomic E-state index is 13.0. The van der Waals surface area contributed by atoms with Crippen LogP contribution in [0.3, 0.4) is 0 Å². The number of rotatable bonds is 5. The molecule has 31 heavy (non-hydrogen) atoms. The fourth-order valence-electron chi connectivity index (χ4n) is 3.94. The van der Waals surface area contributed by atoms with E-state index in [9.17, 15) is 9.59 Å². The zero-order chi connectivity index (χ0) is 22.0. The lowest BCUT2D eigenvalue weighted by atomic mass is 10.1. The average Bonchev–Trinajstić information content (AvgIpc) is 2.82. The number of aromatic amines is 1. The Bertz CT molecular complexity index is 1150. The van der Waals surface area contributed by atoms with Gasteiger partial charge < -0.3 is 19.4 Å². The van der Waals surface area contributed by atoms with Crippen molar-refractivity contribution in [1.29, 1.82) is 0 Å². The Balaban J connectivity index is 1.45. The maximum Gasteiger partial charge on any atom is 0.258 e. The Morgan fingerprint density at radius 1 is 1.03 bits per heavy atom. The van der Waals surface area contributed by atoms with Crippen molar-refractivity contribution in [2.24, 2.45) is 0 Å². The molecule has 0 saturated carbocycles. The Kier molecular flexibility index (Phi) is 5.90. The van der Waals surface area contributed by atoms with Crippen molar-refractivity contribution in [3.63, 3.8) is 0 Å². The smallest absolute Gasteiger partial charge is 0.258 e. The number of hydrogen-bond acceptors (Lipinski definition) is 6. The second kappa shape index (κ2) is 8.77. The van der Waals surface area contributed by atoms with Crippen molar-refractivity contribution in [3.05, 3.63) is 64.2 Å². The fraction of sp³-hybridized carbons (Fsp3) is 0.348. The van der Waals surface area contributed by atoms with Crippen LogP contribution in [-0.4, -0.2) is 66.1 Å². The van der Waals surface area contributed by atoms with E-state index in [0.717, 1.165) is 0 Å². The van der Waals surface area contributed by atoms with Gasteiger partial charge in [0.1, 0.15) is 5.82 Å². The van der Waals surface area contributed by atoms with E-state index in [0.29, 0.717) is 60.0 Å². The molecule has 1 aromatic heterocycles. The van der Waals surface area contributed by atoms with Gasteiger partial charge in [0, 0.05) is 31.7 Å². The first kappa shape index (κ1) is 20.9. The minimum atomic E-state index is -0.130. The van der Waals surface area contributed by atoms with Crippen LogP contribution in [0, 0.1) is 0 Å². The maximum atomic E-state index is 13.0. The van der Waals surface area contributed by atoms with E-state index in [2.05, 4.69) is 14.9 Å². The molecule has 1 unspecified atom stereocenters. The second-order valence-electron chi connectivity index (χ2n) is 7.54. The molecule has 0 aliphatic carbocycles. The molecular weight excluding hydrogens is 396 g/mol. The van der Waals surface area contributed by atoms with Crippen LogP contribution < -0.4 is 15.0 Å². The number of para-hydroxylation sites is 1. The highest BCUT2D eigenvalue weighted by atomic mass is 16.5. The summed E-state index contributed by atoms with van der Waals surface area (Å²) in [5, 5.41) is 0.587. The zero-order valence-electron chi connectivity index (χ0n) is 17.9. The van der Waals surface area contributed by atoms with E-state index < -0.39 is 0 Å². The Hall–Kier alpha value is -3.39. The van der Waals surface area contributed by atoms with Crippen molar-refractivity contribution >= 4 is 16.8 Å². The lowest BCUT2D eigenvalue weighted by molar-refractivity contribution is 0.0575. The van der Waals surface area contributed by atoms with Crippen LogP contribution in [0.1, 0.15) is 29.1 Å². The fourth-order valence-corrected chi connectivity index (χ4v) is 3.94. The molecule has 1 amide bonds. The lowest BCUT2D eigenvalue weighted by Gasteiger charge is -2.37. The van der Waals surface area contributed by atoms with Crippen LogP contribution in [0.25, 0.3) is 10.9 Å². The summed E-state index contributed by atoms with van der Waals surface area (Å²) in [6, 6.07) is 12.5. The zero-order valence-corrected chi connectivity index (χ0v) is 17.9. The number of carbonyl (C=O) groups is 1. The first-order chi connectivity index (χ1) is 15.0. The third-order valence-corrected chi connectivity index (χ3v) is 5.81. The SMILES string of the molecule is COc1ccc(C(=O)N2CCN(C(C)c3nc4ccccc4c(=O)[nH]3)CC2)cc1OC. The number of benzene rings is 2. The minimum Gasteiger partial charge on any atom is -0.493 e. The molecule has 0 spiro atoms. The van der Waals surface area contributed by atoms with Crippen molar-refractivity contribution < 1.29 is 14.3 Å². The molecule has 2 heterocycles. The third-order valence-electron chi connectivity index (χ3n) is 5.81. The molecule has 1 aliphatic heterocycles. The highest BCUT2D eigenvalue weighted by Gasteiger charge is 2.27. The van der Waals surface area contributed by atoms with Crippen LogP contribution in [0.5, 0.6) is 11.5 Å². The van der Waals surface area contributed by atoms with E-state index in [-0.39, 0.29) is 17.5 Å². The van der Waals surface area contributed by atoms with Gasteiger partial charge in [0.25, 0.3) is 11.5 Å². The topological polar surface area (TPSA) is 87.8 Å². The molecule has 1 atom stereocenters. The van der Waals surface area contributed by atoms with Crippen LogP contribution >= 0.6 is 0 Å². The molecule has 8 nitrogen and oxygen atoms in total. The predicted octanol–water partition coefficient (Wildman–Crippen LogP) is 2.46. The number of methoxy groups -OCH3 is 2. The van der Waals surface area contributed by atoms with Gasteiger partial charge in [0.15, 0.2) is 11.5 Å². The van der Waals surface area contributed by atoms with Crippen LogP contribution in [0.15, 0.2) is 47.3 Å². The van der Waals surface area contributed by atoms with Gasteiger partial charge in [0.2, 0.25) is 0 Å². The van der Waals surface area contributed by atoms with E-state index >= 15 is 0 Å². The lowest BCUT2D eigenvalue weighted by Crippen LogP contribution is -2.49. The van der Waals surface area contributed by atoms with Crippen molar-refractivity contribution in [3.8, 4) is 11.5 Å². The van der Waals surface area contributed by atoms with Gasteiger partial charge in [-0.25, -0.2) is 4.98 Å². The van der Waals surface area contributed by atoms with E-state index in [1.807, 2.05) is 30.0 Å². The highest BCUT2D eigenvalue weighted by Crippen LogP contribution is 2.28. The highest BCUT2D eigenvalue weighted by molar-refractivity contribution is 5.95. The largest absolute Gasteiger partial charge is 0.493 e. The molecule has 1 aliphatic rings. The van der Waals surface area contributed by atoms with E-state index in [1.54, 1.807) is 38.5 Å². The van der Waals surface area contributed by atoms with Crippen molar-refractivity contribution in [2.45, 2.75) is 13.0 Å². The van der Waals surface area contributed by atoms with Crippen molar-refractivity contribution in [2.75, 3.05) is 40.4 Å². The Morgan fingerprint density at radius 3 is 2.45 bits per heavy atom. The van der Waals surface area contributed by atoms with Crippen LogP contribution in [-0.2, 0) is 0 Å². The molecule has 2 aromatic carbocycles. The van der Waals surface area contributed by atoms with Crippen LogP contribution in [0.4, 0.5) is 0 Å². The number of fused-ring (bicyclic) bond motifs is 1. The number of ether oxygens (including phenoxy) is 2. The summed E-state index contributed by atoms with van der Waals surface area (Å²) >= 11 is 0. The first-order valence-electron chi connectivity index (χ1n) is 10.3. The summed E-state index contributed by atoms with van der Waals surface area (Å²) < 4.78 is 10.6. The van der Waals surface area contributed by atoms with E-state index in [1.165, 1.54) is 0 Å². The van der Waals surface area contributed by atoms with Gasteiger partial charge in [-0.15, -0.1) is 0 Å². The number of nitrogens with zero attached hydrogens (tertiary/aromatic N) is 3. The van der Waals surface area contributed by atoms with Gasteiger partial charge in [-0.1, -0.05) is 12.1 Å². The normalized spacial score (nSPS) is 15.6. The molecule has 3 aromatic rings. The standard InChI is InChI=1S/C23H26N4O4/c1-15(21-24-18-7-5-4-6-17(18)22(28)25-21)26-10-12-27(13-11-26)23(29)16-8-9-19(30-2)20(14-16)31-3/h4-9,14-15H,10-13H2,1-3H3,(H,24,25,28). The Labute approximate surface area is 180 Å². The summed E-state index contributed by atoms with van der Waals surface area (Å²) in [7, 11) is 3.12. The second-order valence-corrected chi connectivity index (χ2v) is 7.54. The molecule has 1 fully saturated rings. The molecular formula is C23H26N4O4. The van der Waals surface area contributed by atoms with Gasteiger partial charge in [-0.2, -0.15) is 0 Å². The number of H-pyrrole nitrogens is 1. The molecule has 0 radical (unpaired) electrons. The summed E-state index contributed by atoms with van der Waals surface area (Å²) in [6.45, 7) is 4.59. The number of piperazine rings is 1. The average molecular weight is 422 g/mol. The molecule has 0 bridgehead atoms. The van der Waals surface area contributed by atoms with Gasteiger partial charge >= 0.3 is 0 Å². The predicted molar refractivity (Wildman–Crippen MR) is 118 cm³/mol. The molecule has 8 heteroatoms. The molecule has 1 saturated heterocycles. The molecule has 1 N–H and O–H groups in total. The number of nitrogens with one attached hydrogen (secondary N) is 1. The Morgan fingerprint density at radius 2 is 1.74 bits per heavy atom. The number of hydrogen-bond donors (Lipinski definition) is 1. The number of carbonyl (C=O) groups excluding carboxylic acids is 1. The van der Waals surface area contributed by atoms with Gasteiger partial charge in [-0.3, -0.25) is 14.5 Å². The van der Waals surface area contributed by atoms with Gasteiger partial charge in [-0.05, 0) is 37.3 Å². The van der Waals surface area contributed by atoms with Crippen molar-refractivity contribution in [1.82, 2.24) is 19.8 Å².